The Morgan fingerprint density at radius 2 is 2.06 bits per heavy atom. The lowest BCUT2D eigenvalue weighted by Crippen LogP contribution is -2.31. The molecule has 0 bridgehead atoms. The number of thiazole rings is 1. The van der Waals surface area contributed by atoms with Crippen molar-refractivity contribution >= 4 is 16.5 Å². The van der Waals surface area contributed by atoms with Crippen molar-refractivity contribution in [2.45, 2.75) is 53.1 Å². The summed E-state index contributed by atoms with van der Waals surface area (Å²) in [6.07, 6.45) is 2.12. The first kappa shape index (κ1) is 13.5. The minimum absolute atomic E-state index is 0.501. The van der Waals surface area contributed by atoms with Crippen molar-refractivity contribution in [3.05, 3.63) is 10.6 Å². The zero-order valence-corrected chi connectivity index (χ0v) is 11.6. The predicted molar refractivity (Wildman–Crippen MR) is 72.2 cm³/mol. The Morgan fingerprint density at radius 1 is 1.38 bits per heavy atom. The summed E-state index contributed by atoms with van der Waals surface area (Å²) in [5.74, 6) is 0. The lowest BCUT2D eigenvalue weighted by molar-refractivity contribution is 0.667. The minimum Gasteiger partial charge on any atom is -0.346 e. The van der Waals surface area contributed by atoms with E-state index in [0.717, 1.165) is 24.5 Å². The summed E-state index contributed by atoms with van der Waals surface area (Å²) in [5.41, 5.74) is 6.91. The van der Waals surface area contributed by atoms with E-state index in [1.165, 1.54) is 10.6 Å². The number of hydrogen-bond donors (Lipinski definition) is 1. The molecule has 92 valence electrons. The van der Waals surface area contributed by atoms with Crippen LogP contribution in [0.3, 0.4) is 0 Å². The van der Waals surface area contributed by atoms with Crippen LogP contribution in [0.15, 0.2) is 0 Å². The zero-order valence-electron chi connectivity index (χ0n) is 10.8. The molecule has 0 saturated heterocycles. The van der Waals surface area contributed by atoms with Gasteiger partial charge in [-0.05, 0) is 26.7 Å². The molecule has 2 N–H and O–H groups in total. The van der Waals surface area contributed by atoms with E-state index in [4.69, 9.17) is 10.7 Å². The zero-order chi connectivity index (χ0) is 12.1. The normalized spacial score (nSPS) is 11.1. The van der Waals surface area contributed by atoms with Gasteiger partial charge in [0.2, 0.25) is 0 Å². The maximum absolute atomic E-state index is 5.74. The smallest absolute Gasteiger partial charge is 0.186 e. The van der Waals surface area contributed by atoms with Crippen molar-refractivity contribution in [3.8, 4) is 0 Å². The second-order valence-corrected chi connectivity index (χ2v) is 5.27. The van der Waals surface area contributed by atoms with Crippen LogP contribution in [-0.4, -0.2) is 17.6 Å². The van der Waals surface area contributed by atoms with Crippen LogP contribution >= 0.6 is 11.3 Å². The van der Waals surface area contributed by atoms with Gasteiger partial charge < -0.3 is 10.6 Å². The molecule has 0 amide bonds. The van der Waals surface area contributed by atoms with Crippen LogP contribution in [0.4, 0.5) is 5.13 Å². The maximum atomic E-state index is 5.74. The number of rotatable bonds is 6. The van der Waals surface area contributed by atoms with E-state index in [-0.39, 0.29) is 0 Å². The fourth-order valence-electron chi connectivity index (χ4n) is 1.74. The molecule has 0 aliphatic rings. The quantitative estimate of drug-likeness (QED) is 0.832. The van der Waals surface area contributed by atoms with E-state index < -0.39 is 0 Å². The first-order valence-corrected chi connectivity index (χ1v) is 6.90. The number of nitrogens with two attached hydrogens (primary N) is 1. The molecule has 3 nitrogen and oxygen atoms in total. The number of aryl methyl sites for hydroxylation is 1. The number of anilines is 1. The molecular weight excluding hydrogens is 218 g/mol. The van der Waals surface area contributed by atoms with Gasteiger partial charge in [-0.25, -0.2) is 4.98 Å². The van der Waals surface area contributed by atoms with E-state index in [0.29, 0.717) is 12.6 Å². The Kier molecular flexibility index (Phi) is 5.22. The van der Waals surface area contributed by atoms with Crippen molar-refractivity contribution < 1.29 is 0 Å². The minimum atomic E-state index is 0.501. The molecule has 16 heavy (non-hydrogen) atoms. The van der Waals surface area contributed by atoms with Crippen LogP contribution in [0.2, 0.25) is 0 Å². The Bertz CT molecular complexity index is 299. The Labute approximate surface area is 103 Å². The van der Waals surface area contributed by atoms with E-state index in [1.807, 2.05) is 0 Å². The maximum Gasteiger partial charge on any atom is 0.186 e. The van der Waals surface area contributed by atoms with Crippen LogP contribution in [-0.2, 0) is 13.0 Å². The van der Waals surface area contributed by atoms with Crippen molar-refractivity contribution in [3.63, 3.8) is 0 Å². The van der Waals surface area contributed by atoms with Crippen LogP contribution in [0.5, 0.6) is 0 Å². The van der Waals surface area contributed by atoms with Gasteiger partial charge in [0.1, 0.15) is 0 Å². The highest BCUT2D eigenvalue weighted by Gasteiger charge is 2.16. The van der Waals surface area contributed by atoms with Gasteiger partial charge in [0.15, 0.2) is 5.13 Å². The van der Waals surface area contributed by atoms with Gasteiger partial charge in [-0.2, -0.15) is 0 Å². The summed E-state index contributed by atoms with van der Waals surface area (Å²) >= 11 is 1.75. The Hall–Kier alpha value is -0.610. The molecule has 0 aromatic carbocycles. The van der Waals surface area contributed by atoms with E-state index in [9.17, 15) is 0 Å². The fourth-order valence-corrected chi connectivity index (χ4v) is 2.93. The van der Waals surface area contributed by atoms with E-state index in [2.05, 4.69) is 32.6 Å². The molecule has 0 aliphatic carbocycles. The summed E-state index contributed by atoms with van der Waals surface area (Å²) in [4.78, 5) is 8.30. The summed E-state index contributed by atoms with van der Waals surface area (Å²) in [6, 6.07) is 0.501. The molecular formula is C12H23N3S. The fraction of sp³-hybridized carbons (Fsp3) is 0.750. The highest BCUT2D eigenvalue weighted by molar-refractivity contribution is 7.15. The Balaban J connectivity index is 2.95. The number of hydrogen-bond acceptors (Lipinski definition) is 4. The molecule has 1 aromatic heterocycles. The van der Waals surface area contributed by atoms with E-state index in [1.54, 1.807) is 11.3 Å². The van der Waals surface area contributed by atoms with Gasteiger partial charge in [0.25, 0.3) is 0 Å². The second kappa shape index (κ2) is 6.21. The van der Waals surface area contributed by atoms with Gasteiger partial charge in [-0.1, -0.05) is 13.8 Å². The predicted octanol–water partition coefficient (Wildman–Crippen LogP) is 2.79. The molecule has 1 rings (SSSR count). The molecule has 4 heteroatoms. The van der Waals surface area contributed by atoms with Crippen molar-refractivity contribution in [1.29, 1.82) is 0 Å². The first-order chi connectivity index (χ1) is 7.63. The molecule has 0 spiro atoms. The van der Waals surface area contributed by atoms with Crippen LogP contribution < -0.4 is 10.6 Å². The third-order valence-electron chi connectivity index (χ3n) is 2.62. The van der Waals surface area contributed by atoms with Gasteiger partial charge in [-0.3, -0.25) is 0 Å². The number of aromatic nitrogens is 1. The van der Waals surface area contributed by atoms with Gasteiger partial charge in [-0.15, -0.1) is 11.3 Å². The molecule has 0 fully saturated rings. The van der Waals surface area contributed by atoms with Crippen LogP contribution in [0, 0.1) is 0 Å². The summed E-state index contributed by atoms with van der Waals surface area (Å²) in [5, 5.41) is 1.13. The summed E-state index contributed by atoms with van der Waals surface area (Å²) < 4.78 is 0. The highest BCUT2D eigenvalue weighted by atomic mass is 32.1. The van der Waals surface area contributed by atoms with Gasteiger partial charge in [0, 0.05) is 24.0 Å². The third kappa shape index (κ3) is 2.95. The molecule has 1 heterocycles. The lowest BCUT2D eigenvalue weighted by Gasteiger charge is -2.25. The van der Waals surface area contributed by atoms with E-state index >= 15 is 0 Å². The summed E-state index contributed by atoms with van der Waals surface area (Å²) in [6.45, 7) is 10.4. The molecule has 0 radical (unpaired) electrons. The monoisotopic (exact) mass is 241 g/mol. The second-order valence-electron chi connectivity index (χ2n) is 4.21. The molecule has 0 saturated carbocycles. The third-order valence-corrected chi connectivity index (χ3v) is 3.78. The average Bonchev–Trinajstić information content (AvgIpc) is 2.68. The van der Waals surface area contributed by atoms with Crippen molar-refractivity contribution in [1.82, 2.24) is 4.98 Å². The highest BCUT2D eigenvalue weighted by Crippen LogP contribution is 2.28. The molecule has 1 aromatic rings. The molecule has 0 unspecified atom stereocenters. The lowest BCUT2D eigenvalue weighted by atomic mass is 10.3. The van der Waals surface area contributed by atoms with Crippen molar-refractivity contribution in [2.75, 3.05) is 11.4 Å². The summed E-state index contributed by atoms with van der Waals surface area (Å²) in [7, 11) is 0. The standard InChI is InChI=1S/C12H23N3S/c1-5-7-15(9(3)4)12-14-10(6-2)11(8-13)16-12/h9H,5-8,13H2,1-4H3. The van der Waals surface area contributed by atoms with Gasteiger partial charge >= 0.3 is 0 Å². The Morgan fingerprint density at radius 3 is 2.44 bits per heavy atom. The SMILES string of the molecule is CCCN(c1nc(CC)c(CN)s1)C(C)C. The van der Waals surface area contributed by atoms with Crippen LogP contribution in [0.25, 0.3) is 0 Å². The van der Waals surface area contributed by atoms with Crippen LogP contribution in [0.1, 0.15) is 44.7 Å². The largest absolute Gasteiger partial charge is 0.346 e. The average molecular weight is 241 g/mol. The van der Waals surface area contributed by atoms with Gasteiger partial charge in [0.05, 0.1) is 5.69 Å². The molecule has 0 aliphatic heterocycles. The van der Waals surface area contributed by atoms with Crippen molar-refractivity contribution in [2.24, 2.45) is 5.73 Å². The topological polar surface area (TPSA) is 42.2 Å². The first-order valence-electron chi connectivity index (χ1n) is 6.09. The number of nitrogens with zero attached hydrogens (tertiary/aromatic N) is 2. The molecule has 0 atom stereocenters.